The third kappa shape index (κ3) is 5.63. The minimum absolute atomic E-state index is 0.444. The van der Waals surface area contributed by atoms with Crippen molar-refractivity contribution in [2.24, 2.45) is 5.92 Å². The van der Waals surface area contributed by atoms with Gasteiger partial charge in [-0.3, -0.25) is 0 Å². The lowest BCUT2D eigenvalue weighted by molar-refractivity contribution is 0.669. The summed E-state index contributed by atoms with van der Waals surface area (Å²) in [5.41, 5.74) is 12.8. The van der Waals surface area contributed by atoms with Crippen molar-refractivity contribution in [1.29, 1.82) is 0 Å². The van der Waals surface area contributed by atoms with Crippen molar-refractivity contribution in [2.75, 3.05) is 4.90 Å². The topological polar surface area (TPSA) is 16.4 Å². The molecular formula is C53H37NOS. The molecule has 0 aliphatic heterocycles. The quantitative estimate of drug-likeness (QED) is 0.169. The zero-order chi connectivity index (χ0) is 37.2. The van der Waals surface area contributed by atoms with E-state index in [-0.39, 0.29) is 0 Å². The Balaban J connectivity index is 0.980. The van der Waals surface area contributed by atoms with Crippen LogP contribution in [0.2, 0.25) is 0 Å². The van der Waals surface area contributed by atoms with Crippen molar-refractivity contribution in [3.63, 3.8) is 0 Å². The van der Waals surface area contributed by atoms with Crippen LogP contribution >= 0.6 is 11.3 Å². The van der Waals surface area contributed by atoms with E-state index in [1.165, 1.54) is 64.3 Å². The number of benzene rings is 8. The fraction of sp³-hybridized carbons (Fsp3) is 0.0566. The van der Waals surface area contributed by atoms with Gasteiger partial charge in [0.15, 0.2) is 0 Å². The van der Waals surface area contributed by atoms with E-state index in [0.717, 1.165) is 45.4 Å². The maximum Gasteiger partial charge on any atom is 0.135 e. The van der Waals surface area contributed by atoms with Crippen molar-refractivity contribution < 1.29 is 4.42 Å². The molecule has 1 aliphatic rings. The second-order valence-electron chi connectivity index (χ2n) is 15.0. The van der Waals surface area contributed by atoms with Gasteiger partial charge in [-0.2, -0.15) is 0 Å². The maximum atomic E-state index is 6.12. The van der Waals surface area contributed by atoms with E-state index in [0.29, 0.717) is 5.92 Å². The van der Waals surface area contributed by atoms with E-state index >= 15 is 0 Å². The Kier molecular flexibility index (Phi) is 7.75. The molecule has 11 rings (SSSR count). The number of para-hydroxylation sites is 1. The van der Waals surface area contributed by atoms with Crippen LogP contribution in [0.3, 0.4) is 0 Å². The Morgan fingerprint density at radius 2 is 1.14 bits per heavy atom. The lowest BCUT2D eigenvalue weighted by Gasteiger charge is -2.26. The van der Waals surface area contributed by atoms with Gasteiger partial charge in [0.05, 0.1) is 0 Å². The monoisotopic (exact) mass is 735 g/mol. The number of nitrogens with zero attached hydrogens (tertiary/aromatic N) is 1. The summed E-state index contributed by atoms with van der Waals surface area (Å²) in [5.74, 6) is 0.444. The first kappa shape index (κ1) is 32.7. The fourth-order valence-corrected chi connectivity index (χ4v) is 9.83. The van der Waals surface area contributed by atoms with Crippen LogP contribution < -0.4 is 4.90 Å². The van der Waals surface area contributed by atoms with Gasteiger partial charge in [-0.1, -0.05) is 134 Å². The standard InChI is InChI=1S/C53H37NOS/c1-34-29-39(31-40(30-34)45-14-8-10-37-9-2-3-11-44(37)45)36-19-24-42(25-20-36)54(43-26-27-48-47-13-5-7-16-52(47)56-53(48)33-43)41-22-17-35(18-23-41)38-21-28-51-49(32-38)46-12-4-6-15-50(46)55-51/h2-28,30-34H,29H2,1H3. The molecule has 10 aromatic rings. The van der Waals surface area contributed by atoms with E-state index in [1.54, 1.807) is 0 Å². The molecule has 0 radical (unpaired) electrons. The molecule has 2 nitrogen and oxygen atoms in total. The van der Waals surface area contributed by atoms with Crippen molar-refractivity contribution in [2.45, 2.75) is 13.3 Å². The van der Waals surface area contributed by atoms with Crippen molar-refractivity contribution in [1.82, 2.24) is 0 Å². The Hall–Kier alpha value is -6.68. The third-order valence-corrected chi connectivity index (χ3v) is 12.5. The molecule has 0 saturated heterocycles. The third-order valence-electron chi connectivity index (χ3n) is 11.4. The van der Waals surface area contributed by atoms with Gasteiger partial charge in [0, 0.05) is 48.0 Å². The summed E-state index contributed by atoms with van der Waals surface area (Å²) in [7, 11) is 0. The summed E-state index contributed by atoms with van der Waals surface area (Å²) in [4.78, 5) is 2.39. The molecule has 0 amide bonds. The number of allylic oxidation sites excluding steroid dienone is 4. The summed E-state index contributed by atoms with van der Waals surface area (Å²) in [6.45, 7) is 2.33. The molecular weight excluding hydrogens is 699 g/mol. The lowest BCUT2D eigenvalue weighted by atomic mass is 9.84. The van der Waals surface area contributed by atoms with E-state index in [9.17, 15) is 0 Å². The number of hydrogen-bond acceptors (Lipinski definition) is 3. The number of anilines is 3. The molecule has 56 heavy (non-hydrogen) atoms. The average molecular weight is 736 g/mol. The van der Waals surface area contributed by atoms with Crippen LogP contribution in [0.5, 0.6) is 0 Å². The van der Waals surface area contributed by atoms with Gasteiger partial charge in [-0.05, 0) is 117 Å². The summed E-state index contributed by atoms with van der Waals surface area (Å²) in [6, 6.07) is 63.9. The van der Waals surface area contributed by atoms with Crippen LogP contribution in [-0.2, 0) is 0 Å². The van der Waals surface area contributed by atoms with Gasteiger partial charge < -0.3 is 9.32 Å². The zero-order valence-electron chi connectivity index (χ0n) is 30.9. The van der Waals surface area contributed by atoms with Crippen LogP contribution in [0, 0.1) is 5.92 Å². The number of furan rings is 1. The van der Waals surface area contributed by atoms with Crippen LogP contribution in [0.15, 0.2) is 192 Å². The molecule has 1 aliphatic carbocycles. The van der Waals surface area contributed by atoms with E-state index in [2.05, 4.69) is 188 Å². The highest BCUT2D eigenvalue weighted by molar-refractivity contribution is 7.25. The molecule has 8 aromatic carbocycles. The molecule has 0 N–H and O–H groups in total. The second kappa shape index (κ2) is 13.3. The number of fused-ring (bicyclic) bond motifs is 7. The SMILES string of the molecule is CC1C=C(c2cccc3ccccc23)C=C(c2ccc(N(c3ccc(-c4ccc5oc6ccccc6c5c4)cc3)c3ccc4c(c3)sc3ccccc34)cc2)C1. The molecule has 1 unspecified atom stereocenters. The van der Waals surface area contributed by atoms with Crippen molar-refractivity contribution in [3.05, 3.63) is 199 Å². The first-order valence-electron chi connectivity index (χ1n) is 19.4. The zero-order valence-corrected chi connectivity index (χ0v) is 31.8. The Labute approximate surface area is 329 Å². The van der Waals surface area contributed by atoms with Gasteiger partial charge in [0.25, 0.3) is 0 Å². The normalized spacial score (nSPS) is 14.5. The molecule has 0 saturated carbocycles. The summed E-state index contributed by atoms with van der Waals surface area (Å²) >= 11 is 1.86. The van der Waals surface area contributed by atoms with Gasteiger partial charge >= 0.3 is 0 Å². The number of rotatable bonds is 6. The minimum atomic E-state index is 0.444. The number of thiophene rings is 1. The molecule has 2 aromatic heterocycles. The average Bonchev–Trinajstić information content (AvgIpc) is 3.81. The van der Waals surface area contributed by atoms with Gasteiger partial charge in [0.1, 0.15) is 11.2 Å². The molecule has 1 atom stereocenters. The second-order valence-corrected chi connectivity index (χ2v) is 16.1. The highest BCUT2D eigenvalue weighted by Crippen LogP contribution is 2.43. The van der Waals surface area contributed by atoms with Crippen LogP contribution in [0.1, 0.15) is 24.5 Å². The molecule has 266 valence electrons. The highest BCUT2D eigenvalue weighted by Gasteiger charge is 2.19. The van der Waals surface area contributed by atoms with Gasteiger partial charge in [0.2, 0.25) is 0 Å². The molecule has 0 spiro atoms. The smallest absolute Gasteiger partial charge is 0.135 e. The van der Waals surface area contributed by atoms with E-state index in [4.69, 9.17) is 4.42 Å². The molecule has 2 heterocycles. The predicted molar refractivity (Wildman–Crippen MR) is 240 cm³/mol. The fourth-order valence-electron chi connectivity index (χ4n) is 8.69. The first-order valence-corrected chi connectivity index (χ1v) is 20.2. The van der Waals surface area contributed by atoms with Crippen LogP contribution in [0.4, 0.5) is 17.1 Å². The maximum absolute atomic E-state index is 6.12. The van der Waals surface area contributed by atoms with Crippen LogP contribution in [-0.4, -0.2) is 0 Å². The Morgan fingerprint density at radius 3 is 1.98 bits per heavy atom. The predicted octanol–water partition coefficient (Wildman–Crippen LogP) is 15.8. The Bertz CT molecular complexity index is 3170. The van der Waals surface area contributed by atoms with E-state index < -0.39 is 0 Å². The van der Waals surface area contributed by atoms with Crippen LogP contribution in [0.25, 0.3) is 75.2 Å². The molecule has 3 heteroatoms. The Morgan fingerprint density at radius 1 is 0.500 bits per heavy atom. The molecule has 0 fully saturated rings. The lowest BCUT2D eigenvalue weighted by Crippen LogP contribution is -2.10. The van der Waals surface area contributed by atoms with E-state index in [1.807, 2.05) is 23.5 Å². The van der Waals surface area contributed by atoms with Gasteiger partial charge in [-0.15, -0.1) is 11.3 Å². The van der Waals surface area contributed by atoms with Crippen molar-refractivity contribution in [3.8, 4) is 11.1 Å². The minimum Gasteiger partial charge on any atom is -0.456 e. The number of hydrogen-bond donors (Lipinski definition) is 0. The van der Waals surface area contributed by atoms with Gasteiger partial charge in [-0.25, -0.2) is 0 Å². The first-order chi connectivity index (χ1) is 27.6. The summed E-state index contributed by atoms with van der Waals surface area (Å²) in [5, 5.41) is 7.48. The highest BCUT2D eigenvalue weighted by atomic mass is 32.1. The van der Waals surface area contributed by atoms with Crippen molar-refractivity contribution >= 4 is 92.4 Å². The molecule has 0 bridgehead atoms. The largest absolute Gasteiger partial charge is 0.456 e. The summed E-state index contributed by atoms with van der Waals surface area (Å²) in [6.07, 6.45) is 5.86. The summed E-state index contributed by atoms with van der Waals surface area (Å²) < 4.78 is 8.73.